The van der Waals surface area contributed by atoms with Crippen LogP contribution in [0.1, 0.15) is 43.4 Å². The molecule has 4 N–H and O–H groups in total. The summed E-state index contributed by atoms with van der Waals surface area (Å²) in [6.07, 6.45) is 5.21. The van der Waals surface area contributed by atoms with E-state index in [-0.39, 0.29) is 6.04 Å². The highest BCUT2D eigenvalue weighted by atomic mass is 16.2. The Bertz CT molecular complexity index is 1260. The van der Waals surface area contributed by atoms with Crippen LogP contribution in [0.5, 0.6) is 0 Å². The Balaban J connectivity index is 1.29. The van der Waals surface area contributed by atoms with Crippen molar-refractivity contribution in [2.75, 3.05) is 30.3 Å². The first kappa shape index (κ1) is 22.8. The molecule has 1 aliphatic carbocycles. The highest BCUT2D eigenvalue weighted by molar-refractivity contribution is 6.39. The van der Waals surface area contributed by atoms with E-state index >= 15 is 0 Å². The van der Waals surface area contributed by atoms with Crippen molar-refractivity contribution in [2.24, 2.45) is 11.8 Å². The lowest BCUT2D eigenvalue weighted by molar-refractivity contribution is -0.136. The largest absolute Gasteiger partial charge is 0.367 e. The Morgan fingerprint density at radius 3 is 2.75 bits per heavy atom. The second-order valence-electron chi connectivity index (χ2n) is 10.4. The van der Waals surface area contributed by atoms with Crippen LogP contribution in [-0.4, -0.2) is 51.1 Å². The number of benzene rings is 1. The van der Waals surface area contributed by atoms with Gasteiger partial charge in [0.2, 0.25) is 0 Å². The highest BCUT2D eigenvalue weighted by Gasteiger charge is 2.35. The molecule has 0 unspecified atom stereocenters. The molecule has 1 aromatic carbocycles. The SMILES string of the molecule is C[C@@H]1CCN(Cc2ccccc2)C[C@@H]1n1nc(NC(=O)C(=O)NCC2CC2)c2c1-c1cc[nH]c1NC2. The Morgan fingerprint density at radius 1 is 1.11 bits per heavy atom. The Hall–Kier alpha value is -3.59. The van der Waals surface area contributed by atoms with Crippen molar-refractivity contribution in [2.45, 2.75) is 45.3 Å². The van der Waals surface area contributed by atoms with E-state index in [1.807, 2.05) is 18.3 Å². The first-order chi connectivity index (χ1) is 17.6. The lowest BCUT2D eigenvalue weighted by atomic mass is 9.92. The van der Waals surface area contributed by atoms with Gasteiger partial charge in [-0.25, -0.2) is 0 Å². The summed E-state index contributed by atoms with van der Waals surface area (Å²) in [5.74, 6) is 1.08. The summed E-state index contributed by atoms with van der Waals surface area (Å²) >= 11 is 0. The summed E-state index contributed by atoms with van der Waals surface area (Å²) in [7, 11) is 0. The lowest BCUT2D eigenvalue weighted by Gasteiger charge is -2.38. The number of H-pyrrole nitrogens is 1. The summed E-state index contributed by atoms with van der Waals surface area (Å²) < 4.78 is 2.10. The predicted octanol–water partition coefficient (Wildman–Crippen LogP) is 3.35. The molecule has 6 rings (SSSR count). The van der Waals surface area contributed by atoms with Gasteiger partial charge in [0.15, 0.2) is 5.82 Å². The fourth-order valence-corrected chi connectivity index (χ4v) is 5.37. The molecule has 2 amide bonds. The minimum atomic E-state index is -0.662. The van der Waals surface area contributed by atoms with Gasteiger partial charge in [0.1, 0.15) is 5.82 Å². The quantitative estimate of drug-likeness (QED) is 0.399. The van der Waals surface area contributed by atoms with Crippen LogP contribution >= 0.6 is 0 Å². The third-order valence-electron chi connectivity index (χ3n) is 7.70. The van der Waals surface area contributed by atoms with E-state index in [1.54, 1.807) is 0 Å². The van der Waals surface area contributed by atoms with E-state index in [1.165, 1.54) is 5.56 Å². The zero-order chi connectivity index (χ0) is 24.6. The second kappa shape index (κ2) is 9.46. The normalized spacial score (nSPS) is 21.2. The average Bonchev–Trinajstić information content (AvgIpc) is 3.47. The molecule has 1 saturated heterocycles. The van der Waals surface area contributed by atoms with Gasteiger partial charge in [-0.15, -0.1) is 0 Å². The van der Waals surface area contributed by atoms with Crippen LogP contribution in [0.2, 0.25) is 0 Å². The number of rotatable bonds is 6. The highest BCUT2D eigenvalue weighted by Crippen LogP contribution is 2.42. The summed E-state index contributed by atoms with van der Waals surface area (Å²) in [6, 6.07) is 12.7. The molecule has 9 nitrogen and oxygen atoms in total. The van der Waals surface area contributed by atoms with Gasteiger partial charge in [-0.1, -0.05) is 37.3 Å². The van der Waals surface area contributed by atoms with Crippen LogP contribution in [0, 0.1) is 11.8 Å². The maximum Gasteiger partial charge on any atom is 0.314 e. The molecular weight excluding hydrogens is 454 g/mol. The molecule has 0 spiro atoms. The maximum atomic E-state index is 12.7. The minimum Gasteiger partial charge on any atom is -0.367 e. The smallest absolute Gasteiger partial charge is 0.314 e. The zero-order valence-corrected chi connectivity index (χ0v) is 20.6. The van der Waals surface area contributed by atoms with Crippen molar-refractivity contribution in [1.29, 1.82) is 0 Å². The first-order valence-electron chi connectivity index (χ1n) is 12.9. The number of aromatic amines is 1. The molecule has 0 bridgehead atoms. The number of hydrogen-bond donors (Lipinski definition) is 4. The minimum absolute atomic E-state index is 0.145. The molecular formula is C27H33N7O2. The van der Waals surface area contributed by atoms with Crippen LogP contribution in [0.3, 0.4) is 0 Å². The summed E-state index contributed by atoms with van der Waals surface area (Å²) in [5, 5.41) is 13.9. The first-order valence-corrected chi connectivity index (χ1v) is 12.9. The summed E-state index contributed by atoms with van der Waals surface area (Å²) in [6.45, 7) is 6.17. The number of anilines is 2. The van der Waals surface area contributed by atoms with Crippen LogP contribution in [0.25, 0.3) is 11.3 Å². The van der Waals surface area contributed by atoms with Gasteiger partial charge in [-0.3, -0.25) is 19.2 Å². The number of amides is 2. The molecule has 2 aliphatic heterocycles. The lowest BCUT2D eigenvalue weighted by Crippen LogP contribution is -2.41. The summed E-state index contributed by atoms with van der Waals surface area (Å²) in [5.41, 5.74) is 4.26. The van der Waals surface area contributed by atoms with Crippen LogP contribution in [-0.2, 0) is 22.7 Å². The van der Waals surface area contributed by atoms with E-state index in [0.29, 0.717) is 30.7 Å². The van der Waals surface area contributed by atoms with Gasteiger partial charge in [0.25, 0.3) is 0 Å². The topological polar surface area (TPSA) is 107 Å². The summed E-state index contributed by atoms with van der Waals surface area (Å²) in [4.78, 5) is 30.9. The van der Waals surface area contributed by atoms with Crippen molar-refractivity contribution in [3.8, 4) is 11.3 Å². The number of likely N-dealkylation sites (tertiary alicyclic amines) is 1. The van der Waals surface area contributed by atoms with Gasteiger partial charge in [-0.2, -0.15) is 5.10 Å². The molecule has 3 aliphatic rings. The monoisotopic (exact) mass is 487 g/mol. The van der Waals surface area contributed by atoms with Crippen LogP contribution in [0.15, 0.2) is 42.6 Å². The van der Waals surface area contributed by atoms with Crippen molar-refractivity contribution < 1.29 is 9.59 Å². The zero-order valence-electron chi connectivity index (χ0n) is 20.6. The Kier molecular flexibility index (Phi) is 6.00. The molecule has 2 aromatic heterocycles. The molecule has 36 heavy (non-hydrogen) atoms. The van der Waals surface area contributed by atoms with E-state index in [4.69, 9.17) is 5.10 Å². The standard InChI is InChI=1S/C27H33N7O2/c1-17-10-12-33(15-19-5-3-2-4-6-19)16-22(17)34-23-20-9-11-28-24(20)29-14-21(23)25(32-34)31-27(36)26(35)30-13-18-7-8-18/h2-6,9,11,17-18,22,28-29H,7-8,10,12-16H2,1H3,(H,30,35)(H,31,32,36)/t17-,22+/m1/s1. The number of fused-ring (bicyclic) bond motifs is 3. The van der Waals surface area contributed by atoms with E-state index in [0.717, 1.165) is 61.5 Å². The van der Waals surface area contributed by atoms with Crippen molar-refractivity contribution in [1.82, 2.24) is 25.0 Å². The van der Waals surface area contributed by atoms with Crippen molar-refractivity contribution in [3.05, 3.63) is 53.7 Å². The van der Waals surface area contributed by atoms with Gasteiger partial charge in [0, 0.05) is 43.5 Å². The number of nitrogens with zero attached hydrogens (tertiary/aromatic N) is 3. The molecule has 4 heterocycles. The van der Waals surface area contributed by atoms with Crippen molar-refractivity contribution in [3.63, 3.8) is 0 Å². The maximum absolute atomic E-state index is 12.7. The molecule has 9 heteroatoms. The molecule has 2 fully saturated rings. The number of carbonyl (C=O) groups is 2. The number of piperidine rings is 1. The predicted molar refractivity (Wildman–Crippen MR) is 138 cm³/mol. The fraction of sp³-hybridized carbons (Fsp3) is 0.444. The van der Waals surface area contributed by atoms with E-state index in [2.05, 4.69) is 61.7 Å². The third kappa shape index (κ3) is 4.51. The Morgan fingerprint density at radius 2 is 1.94 bits per heavy atom. The molecule has 188 valence electrons. The number of aromatic nitrogens is 3. The number of nitrogens with one attached hydrogen (secondary N) is 4. The number of hydrogen-bond acceptors (Lipinski definition) is 5. The van der Waals surface area contributed by atoms with E-state index < -0.39 is 11.8 Å². The van der Waals surface area contributed by atoms with Crippen LogP contribution < -0.4 is 16.0 Å². The van der Waals surface area contributed by atoms with Gasteiger partial charge < -0.3 is 20.9 Å². The second-order valence-corrected chi connectivity index (χ2v) is 10.4. The van der Waals surface area contributed by atoms with Gasteiger partial charge >= 0.3 is 11.8 Å². The third-order valence-corrected chi connectivity index (χ3v) is 7.70. The molecule has 2 atom stereocenters. The van der Waals surface area contributed by atoms with Gasteiger partial charge in [-0.05, 0) is 49.3 Å². The molecule has 3 aromatic rings. The fourth-order valence-electron chi connectivity index (χ4n) is 5.37. The molecule has 1 saturated carbocycles. The van der Waals surface area contributed by atoms with E-state index in [9.17, 15) is 9.59 Å². The average molecular weight is 488 g/mol. The van der Waals surface area contributed by atoms with Gasteiger partial charge in [0.05, 0.1) is 11.7 Å². The van der Waals surface area contributed by atoms with Crippen LogP contribution in [0.4, 0.5) is 11.6 Å². The number of carbonyl (C=O) groups excluding carboxylic acids is 2. The van der Waals surface area contributed by atoms with Crippen molar-refractivity contribution >= 4 is 23.5 Å². The molecule has 0 radical (unpaired) electrons. The Labute approximate surface area is 210 Å².